The predicted octanol–water partition coefficient (Wildman–Crippen LogP) is 2.15. The fraction of sp³-hybridized carbons (Fsp3) is 0.625. The fourth-order valence-electron chi connectivity index (χ4n) is 0.970. The van der Waals surface area contributed by atoms with Crippen molar-refractivity contribution in [3.63, 3.8) is 0 Å². The predicted molar refractivity (Wildman–Crippen MR) is 49.5 cm³/mol. The third kappa shape index (κ3) is 4.57. The Morgan fingerprint density at radius 3 is 2.71 bits per heavy atom. The number of aromatic nitrogens is 1. The van der Waals surface area contributed by atoms with Crippen LogP contribution in [0.1, 0.15) is 10.7 Å². The maximum Gasteiger partial charge on any atom is 0.401 e. The van der Waals surface area contributed by atoms with Crippen molar-refractivity contribution in [2.45, 2.75) is 19.5 Å². The Balaban J connectivity index is 2.16. The van der Waals surface area contributed by atoms with E-state index in [1.807, 2.05) is 12.3 Å². The fourth-order valence-corrected chi connectivity index (χ4v) is 1.62. The Kier molecular flexibility index (Phi) is 3.88. The quantitative estimate of drug-likeness (QED) is 0.793. The highest BCUT2D eigenvalue weighted by Gasteiger charge is 2.25. The summed E-state index contributed by atoms with van der Waals surface area (Å²) in [6, 6.07) is 0. The van der Waals surface area contributed by atoms with Gasteiger partial charge in [-0.1, -0.05) is 0 Å². The summed E-state index contributed by atoms with van der Waals surface area (Å²) in [5.74, 6) is 0. The average Bonchev–Trinajstić information content (AvgIpc) is 2.44. The van der Waals surface area contributed by atoms with Crippen LogP contribution in [0.5, 0.6) is 0 Å². The summed E-state index contributed by atoms with van der Waals surface area (Å²) in [6.45, 7) is 1.25. The molecule has 1 heterocycles. The van der Waals surface area contributed by atoms with Crippen LogP contribution in [-0.2, 0) is 6.42 Å². The minimum atomic E-state index is -4.13. The number of alkyl halides is 3. The Bertz CT molecular complexity index is 282. The number of aryl methyl sites for hydroxylation is 1. The molecule has 0 atom stereocenters. The number of thiazole rings is 1. The summed E-state index contributed by atoms with van der Waals surface area (Å²) in [5.41, 5.74) is 0.849. The Labute approximate surface area is 84.2 Å². The lowest BCUT2D eigenvalue weighted by Gasteiger charge is -2.06. The number of hydrogen-bond acceptors (Lipinski definition) is 3. The smallest absolute Gasteiger partial charge is 0.308 e. The Morgan fingerprint density at radius 2 is 2.21 bits per heavy atom. The highest BCUT2D eigenvalue weighted by Crippen LogP contribution is 2.12. The van der Waals surface area contributed by atoms with Crippen molar-refractivity contribution in [1.29, 1.82) is 0 Å². The van der Waals surface area contributed by atoms with E-state index in [1.54, 1.807) is 0 Å². The molecule has 0 aromatic carbocycles. The van der Waals surface area contributed by atoms with Crippen LogP contribution in [0.15, 0.2) is 5.38 Å². The van der Waals surface area contributed by atoms with Gasteiger partial charge in [-0.2, -0.15) is 13.2 Å². The third-order valence-electron chi connectivity index (χ3n) is 1.55. The molecule has 0 amide bonds. The van der Waals surface area contributed by atoms with Crippen LogP contribution in [-0.4, -0.2) is 24.2 Å². The van der Waals surface area contributed by atoms with Crippen LogP contribution < -0.4 is 5.32 Å². The van der Waals surface area contributed by atoms with Gasteiger partial charge in [0.15, 0.2) is 0 Å². The van der Waals surface area contributed by atoms with Gasteiger partial charge in [0.25, 0.3) is 0 Å². The number of halogens is 3. The van der Waals surface area contributed by atoms with E-state index >= 15 is 0 Å². The molecular formula is C8H11F3N2S. The SMILES string of the molecule is Cc1nc(CCNCC(F)(F)F)cs1. The van der Waals surface area contributed by atoms with Crippen molar-refractivity contribution < 1.29 is 13.2 Å². The van der Waals surface area contributed by atoms with Gasteiger partial charge in [0.2, 0.25) is 0 Å². The van der Waals surface area contributed by atoms with Gasteiger partial charge in [-0.25, -0.2) is 4.98 Å². The van der Waals surface area contributed by atoms with E-state index in [2.05, 4.69) is 10.3 Å². The summed E-state index contributed by atoms with van der Waals surface area (Å²) in [5, 5.41) is 5.13. The minimum Gasteiger partial charge on any atom is -0.308 e. The first-order valence-electron chi connectivity index (χ1n) is 4.16. The second kappa shape index (κ2) is 4.75. The van der Waals surface area contributed by atoms with Crippen molar-refractivity contribution in [3.8, 4) is 0 Å². The van der Waals surface area contributed by atoms with Crippen LogP contribution in [0.25, 0.3) is 0 Å². The lowest BCUT2D eigenvalue weighted by molar-refractivity contribution is -0.124. The van der Waals surface area contributed by atoms with Crippen molar-refractivity contribution in [2.24, 2.45) is 0 Å². The van der Waals surface area contributed by atoms with E-state index in [-0.39, 0.29) is 0 Å². The Hall–Kier alpha value is -0.620. The van der Waals surface area contributed by atoms with Gasteiger partial charge in [0, 0.05) is 18.3 Å². The molecule has 0 fully saturated rings. The van der Waals surface area contributed by atoms with Crippen LogP contribution in [0, 0.1) is 6.92 Å². The molecule has 14 heavy (non-hydrogen) atoms. The van der Waals surface area contributed by atoms with E-state index in [0.29, 0.717) is 13.0 Å². The molecule has 6 heteroatoms. The molecule has 80 valence electrons. The molecule has 0 aliphatic heterocycles. The second-order valence-electron chi connectivity index (χ2n) is 2.90. The summed E-state index contributed by atoms with van der Waals surface area (Å²) in [7, 11) is 0. The number of nitrogens with zero attached hydrogens (tertiary/aromatic N) is 1. The van der Waals surface area contributed by atoms with E-state index in [0.717, 1.165) is 10.7 Å². The van der Waals surface area contributed by atoms with Crippen LogP contribution in [0.4, 0.5) is 13.2 Å². The minimum absolute atomic E-state index is 0.308. The van der Waals surface area contributed by atoms with E-state index in [1.165, 1.54) is 11.3 Å². The molecule has 0 aliphatic rings. The van der Waals surface area contributed by atoms with Gasteiger partial charge in [-0.3, -0.25) is 0 Å². The van der Waals surface area contributed by atoms with Gasteiger partial charge < -0.3 is 5.32 Å². The maximum absolute atomic E-state index is 11.7. The van der Waals surface area contributed by atoms with Crippen molar-refractivity contribution in [3.05, 3.63) is 16.1 Å². The maximum atomic E-state index is 11.7. The molecule has 2 nitrogen and oxygen atoms in total. The van der Waals surface area contributed by atoms with Crippen molar-refractivity contribution in [2.75, 3.05) is 13.1 Å². The summed E-state index contributed by atoms with van der Waals surface area (Å²) in [6.07, 6.45) is -3.58. The first kappa shape index (κ1) is 11.5. The van der Waals surface area contributed by atoms with Crippen molar-refractivity contribution in [1.82, 2.24) is 10.3 Å². The zero-order valence-electron chi connectivity index (χ0n) is 7.69. The summed E-state index contributed by atoms with van der Waals surface area (Å²) in [4.78, 5) is 4.14. The zero-order chi connectivity index (χ0) is 10.6. The van der Waals surface area contributed by atoms with Gasteiger partial charge in [0.05, 0.1) is 17.2 Å². The zero-order valence-corrected chi connectivity index (χ0v) is 8.50. The lowest BCUT2D eigenvalue weighted by atomic mass is 10.3. The molecule has 0 unspecified atom stereocenters. The molecule has 1 rings (SSSR count). The molecule has 0 saturated carbocycles. The van der Waals surface area contributed by atoms with Gasteiger partial charge >= 0.3 is 6.18 Å². The molecule has 0 radical (unpaired) electrons. The van der Waals surface area contributed by atoms with E-state index in [4.69, 9.17) is 0 Å². The Morgan fingerprint density at radius 1 is 1.50 bits per heavy atom. The van der Waals surface area contributed by atoms with Crippen molar-refractivity contribution >= 4 is 11.3 Å². The van der Waals surface area contributed by atoms with E-state index < -0.39 is 12.7 Å². The van der Waals surface area contributed by atoms with Crippen LogP contribution in [0.3, 0.4) is 0 Å². The molecule has 0 bridgehead atoms. The molecule has 0 spiro atoms. The highest BCUT2D eigenvalue weighted by atomic mass is 32.1. The van der Waals surface area contributed by atoms with Crippen LogP contribution >= 0.6 is 11.3 Å². The number of hydrogen-bond donors (Lipinski definition) is 1. The highest BCUT2D eigenvalue weighted by molar-refractivity contribution is 7.09. The topological polar surface area (TPSA) is 24.9 Å². The summed E-state index contributed by atoms with van der Waals surface area (Å²) >= 11 is 1.51. The largest absolute Gasteiger partial charge is 0.401 e. The first-order valence-corrected chi connectivity index (χ1v) is 5.04. The lowest BCUT2D eigenvalue weighted by Crippen LogP contribution is -2.30. The number of rotatable bonds is 4. The first-order chi connectivity index (χ1) is 6.47. The molecule has 1 N–H and O–H groups in total. The molecule has 0 saturated heterocycles. The number of nitrogens with one attached hydrogen (secondary N) is 1. The standard InChI is InChI=1S/C8H11F3N2S/c1-6-13-7(4-14-6)2-3-12-5-8(9,10)11/h4,12H,2-3,5H2,1H3. The monoisotopic (exact) mass is 224 g/mol. The normalized spacial score (nSPS) is 12.0. The average molecular weight is 224 g/mol. The van der Waals surface area contributed by atoms with E-state index in [9.17, 15) is 13.2 Å². The molecule has 1 aromatic rings. The third-order valence-corrected chi connectivity index (χ3v) is 2.37. The molecule has 1 aromatic heterocycles. The molecular weight excluding hydrogens is 213 g/mol. The van der Waals surface area contributed by atoms with Gasteiger partial charge in [-0.15, -0.1) is 11.3 Å². The second-order valence-corrected chi connectivity index (χ2v) is 3.96. The van der Waals surface area contributed by atoms with Gasteiger partial charge in [0.1, 0.15) is 0 Å². The molecule has 0 aliphatic carbocycles. The summed E-state index contributed by atoms with van der Waals surface area (Å²) < 4.78 is 35.1. The van der Waals surface area contributed by atoms with Gasteiger partial charge in [-0.05, 0) is 6.92 Å². The van der Waals surface area contributed by atoms with Crippen LogP contribution in [0.2, 0.25) is 0 Å².